The SMILES string of the molecule is Cc1cc(C)cc(C[C@H](O[C@@H](Cc2cc(C)cc(C)c2)C(=O)O)C(=O)O)c1. The quantitative estimate of drug-likeness (QED) is 0.741. The van der Waals surface area contributed by atoms with Gasteiger partial charge in [-0.15, -0.1) is 0 Å². The summed E-state index contributed by atoms with van der Waals surface area (Å²) in [7, 11) is 0. The molecule has 0 saturated carbocycles. The van der Waals surface area contributed by atoms with Crippen LogP contribution in [0.4, 0.5) is 0 Å². The van der Waals surface area contributed by atoms with Gasteiger partial charge in [0.25, 0.3) is 0 Å². The Labute approximate surface area is 159 Å². The van der Waals surface area contributed by atoms with Crippen LogP contribution in [0.2, 0.25) is 0 Å². The van der Waals surface area contributed by atoms with E-state index >= 15 is 0 Å². The largest absolute Gasteiger partial charge is 0.479 e. The van der Waals surface area contributed by atoms with Gasteiger partial charge in [0, 0.05) is 12.8 Å². The number of hydrogen-bond acceptors (Lipinski definition) is 3. The summed E-state index contributed by atoms with van der Waals surface area (Å²) in [5, 5.41) is 19.1. The van der Waals surface area contributed by atoms with Crippen LogP contribution in [0.3, 0.4) is 0 Å². The maximum Gasteiger partial charge on any atom is 0.333 e. The van der Waals surface area contributed by atoms with Gasteiger partial charge in [-0.2, -0.15) is 0 Å². The van der Waals surface area contributed by atoms with Gasteiger partial charge in [0.15, 0.2) is 12.2 Å². The molecule has 0 heterocycles. The number of carboxylic acids is 2. The van der Waals surface area contributed by atoms with Crippen LogP contribution in [-0.4, -0.2) is 34.4 Å². The van der Waals surface area contributed by atoms with Crippen molar-refractivity contribution in [3.05, 3.63) is 69.8 Å². The highest BCUT2D eigenvalue weighted by Gasteiger charge is 2.28. The summed E-state index contributed by atoms with van der Waals surface area (Å²) < 4.78 is 5.54. The van der Waals surface area contributed by atoms with Crippen LogP contribution in [0.15, 0.2) is 36.4 Å². The topological polar surface area (TPSA) is 83.8 Å². The van der Waals surface area contributed by atoms with Crippen LogP contribution in [0, 0.1) is 27.7 Å². The zero-order chi connectivity index (χ0) is 20.1. The average molecular weight is 370 g/mol. The number of aryl methyl sites for hydroxylation is 4. The molecule has 2 atom stereocenters. The lowest BCUT2D eigenvalue weighted by Crippen LogP contribution is -2.36. The Bertz CT molecular complexity index is 731. The second kappa shape index (κ2) is 8.82. The van der Waals surface area contributed by atoms with Crippen LogP contribution < -0.4 is 0 Å². The standard InChI is InChI=1S/C22H26O5/c1-13-5-14(2)8-17(7-13)11-19(21(23)24)27-20(22(25)26)12-18-9-15(3)6-16(4)10-18/h5-10,19-20H,11-12H2,1-4H3,(H,23,24)(H,25,26)/t19-,20-/m0/s1. The van der Waals surface area contributed by atoms with Crippen molar-refractivity contribution in [3.63, 3.8) is 0 Å². The van der Waals surface area contributed by atoms with E-state index in [1.165, 1.54) is 0 Å². The molecule has 0 aliphatic carbocycles. The lowest BCUT2D eigenvalue weighted by molar-refractivity contribution is -0.165. The summed E-state index contributed by atoms with van der Waals surface area (Å²) in [6.07, 6.45) is -2.21. The van der Waals surface area contributed by atoms with E-state index in [1.807, 2.05) is 64.1 Å². The summed E-state index contributed by atoms with van der Waals surface area (Å²) >= 11 is 0. The lowest BCUT2D eigenvalue weighted by atomic mass is 10.0. The average Bonchev–Trinajstić information content (AvgIpc) is 2.51. The van der Waals surface area contributed by atoms with E-state index in [0.717, 1.165) is 33.4 Å². The van der Waals surface area contributed by atoms with Crippen molar-refractivity contribution in [1.82, 2.24) is 0 Å². The Morgan fingerprint density at radius 1 is 0.704 bits per heavy atom. The van der Waals surface area contributed by atoms with Gasteiger partial charge in [-0.1, -0.05) is 58.7 Å². The maximum absolute atomic E-state index is 11.7. The van der Waals surface area contributed by atoms with E-state index in [9.17, 15) is 19.8 Å². The molecule has 0 spiro atoms. The summed E-state index contributed by atoms with van der Waals surface area (Å²) in [6.45, 7) is 7.75. The number of benzene rings is 2. The van der Waals surface area contributed by atoms with Crippen LogP contribution in [0.1, 0.15) is 33.4 Å². The van der Waals surface area contributed by atoms with Crippen LogP contribution in [0.25, 0.3) is 0 Å². The Hall–Kier alpha value is -2.66. The van der Waals surface area contributed by atoms with E-state index in [0.29, 0.717) is 0 Å². The van der Waals surface area contributed by atoms with Crippen LogP contribution >= 0.6 is 0 Å². The number of hydrogen-bond donors (Lipinski definition) is 2. The smallest absolute Gasteiger partial charge is 0.333 e. The maximum atomic E-state index is 11.7. The molecule has 0 aliphatic heterocycles. The normalized spacial score (nSPS) is 13.2. The van der Waals surface area contributed by atoms with Crippen molar-refractivity contribution in [1.29, 1.82) is 0 Å². The van der Waals surface area contributed by atoms with Crippen molar-refractivity contribution >= 4 is 11.9 Å². The molecule has 2 N–H and O–H groups in total. The molecular weight excluding hydrogens is 344 g/mol. The van der Waals surface area contributed by atoms with Gasteiger partial charge in [-0.25, -0.2) is 9.59 Å². The molecule has 2 aromatic carbocycles. The first kappa shape index (κ1) is 20.6. The molecular formula is C22H26O5. The molecule has 5 heteroatoms. The molecule has 0 fully saturated rings. The molecule has 0 saturated heterocycles. The Morgan fingerprint density at radius 3 is 1.26 bits per heavy atom. The van der Waals surface area contributed by atoms with Gasteiger partial charge in [-0.05, 0) is 38.8 Å². The highest BCUT2D eigenvalue weighted by Crippen LogP contribution is 2.17. The lowest BCUT2D eigenvalue weighted by Gasteiger charge is -2.20. The van der Waals surface area contributed by atoms with E-state index in [1.54, 1.807) is 0 Å². The summed E-state index contributed by atoms with van der Waals surface area (Å²) in [5.41, 5.74) is 5.74. The Kier molecular flexibility index (Phi) is 6.75. The predicted octanol–water partition coefficient (Wildman–Crippen LogP) is 3.63. The van der Waals surface area contributed by atoms with Gasteiger partial charge >= 0.3 is 11.9 Å². The molecule has 0 amide bonds. The van der Waals surface area contributed by atoms with Gasteiger partial charge in [0.1, 0.15) is 0 Å². The third kappa shape index (κ3) is 6.22. The van der Waals surface area contributed by atoms with Crippen molar-refractivity contribution in [2.24, 2.45) is 0 Å². The molecule has 0 bridgehead atoms. The molecule has 27 heavy (non-hydrogen) atoms. The first-order valence-corrected chi connectivity index (χ1v) is 8.89. The minimum absolute atomic E-state index is 0.120. The second-order valence-electron chi connectivity index (χ2n) is 7.19. The van der Waals surface area contributed by atoms with Gasteiger partial charge < -0.3 is 14.9 Å². The number of aliphatic carboxylic acids is 2. The van der Waals surface area contributed by atoms with Gasteiger partial charge in [-0.3, -0.25) is 0 Å². The Morgan fingerprint density at radius 2 is 1.00 bits per heavy atom. The van der Waals surface area contributed by atoms with Gasteiger partial charge in [0.05, 0.1) is 0 Å². The zero-order valence-electron chi connectivity index (χ0n) is 16.2. The third-order valence-electron chi connectivity index (χ3n) is 4.28. The molecule has 2 rings (SSSR count). The fraction of sp³-hybridized carbons (Fsp3) is 0.364. The molecule has 2 aromatic rings. The highest BCUT2D eigenvalue weighted by molar-refractivity contribution is 5.76. The zero-order valence-corrected chi connectivity index (χ0v) is 16.2. The third-order valence-corrected chi connectivity index (χ3v) is 4.28. The summed E-state index contributed by atoms with van der Waals surface area (Å²) in [5.74, 6) is -2.33. The van der Waals surface area contributed by atoms with Crippen molar-refractivity contribution in [2.75, 3.05) is 0 Å². The van der Waals surface area contributed by atoms with E-state index in [2.05, 4.69) is 0 Å². The van der Waals surface area contributed by atoms with Gasteiger partial charge in [0.2, 0.25) is 0 Å². The first-order valence-electron chi connectivity index (χ1n) is 8.89. The fourth-order valence-corrected chi connectivity index (χ4v) is 3.39. The molecule has 0 aliphatic rings. The molecule has 144 valence electrons. The molecule has 0 radical (unpaired) electrons. The van der Waals surface area contributed by atoms with E-state index < -0.39 is 24.1 Å². The Balaban J connectivity index is 2.19. The molecule has 5 nitrogen and oxygen atoms in total. The predicted molar refractivity (Wildman–Crippen MR) is 103 cm³/mol. The van der Waals surface area contributed by atoms with E-state index in [-0.39, 0.29) is 12.8 Å². The molecule has 0 aromatic heterocycles. The van der Waals surface area contributed by atoms with Crippen molar-refractivity contribution in [3.8, 4) is 0 Å². The monoisotopic (exact) mass is 370 g/mol. The molecule has 0 unspecified atom stereocenters. The summed E-state index contributed by atoms with van der Waals surface area (Å²) in [6, 6.07) is 11.6. The minimum atomic E-state index is -1.22. The second-order valence-corrected chi connectivity index (χ2v) is 7.19. The van der Waals surface area contributed by atoms with Crippen LogP contribution in [0.5, 0.6) is 0 Å². The first-order chi connectivity index (χ1) is 12.6. The van der Waals surface area contributed by atoms with Crippen molar-refractivity contribution in [2.45, 2.75) is 52.7 Å². The summed E-state index contributed by atoms with van der Waals surface area (Å²) in [4.78, 5) is 23.3. The number of rotatable bonds is 8. The highest BCUT2D eigenvalue weighted by atomic mass is 16.5. The number of carboxylic acid groups (broad SMARTS) is 2. The van der Waals surface area contributed by atoms with Crippen LogP contribution in [-0.2, 0) is 27.2 Å². The minimum Gasteiger partial charge on any atom is -0.479 e. The number of ether oxygens (including phenoxy) is 1. The number of carbonyl (C=O) groups is 2. The van der Waals surface area contributed by atoms with E-state index in [4.69, 9.17) is 4.74 Å². The fourth-order valence-electron chi connectivity index (χ4n) is 3.39. The van der Waals surface area contributed by atoms with Crippen molar-refractivity contribution < 1.29 is 24.5 Å².